The van der Waals surface area contributed by atoms with E-state index in [1.54, 1.807) is 43.3 Å². The molecule has 3 rings (SSSR count). The third-order valence-corrected chi connectivity index (χ3v) is 6.34. The molecular weight excluding hydrogens is 445 g/mol. The third-order valence-electron chi connectivity index (χ3n) is 6.09. The maximum atomic E-state index is 13.8. The fourth-order valence-corrected chi connectivity index (χ4v) is 4.14. The quantitative estimate of drug-likeness (QED) is 0.531. The highest BCUT2D eigenvalue weighted by Crippen LogP contribution is 2.49. The highest BCUT2D eigenvalue weighted by Gasteiger charge is 2.59. The maximum absolute atomic E-state index is 13.8. The summed E-state index contributed by atoms with van der Waals surface area (Å²) in [6, 6.07) is 9.80. The number of carboxylic acids is 1. The van der Waals surface area contributed by atoms with Crippen LogP contribution in [0.4, 0.5) is 13.2 Å². The van der Waals surface area contributed by atoms with E-state index in [1.807, 2.05) is 6.92 Å². The Kier molecular flexibility index (Phi) is 6.91. The molecule has 0 fully saturated rings. The summed E-state index contributed by atoms with van der Waals surface area (Å²) in [6.45, 7) is 3.16. The minimum atomic E-state index is -4.84. The summed E-state index contributed by atoms with van der Waals surface area (Å²) in [7, 11) is 0. The number of ether oxygens (including phenoxy) is 1. The van der Waals surface area contributed by atoms with Gasteiger partial charge in [-0.3, -0.25) is 4.79 Å². The van der Waals surface area contributed by atoms with Gasteiger partial charge in [0.2, 0.25) is 0 Å². The molecule has 0 radical (unpaired) electrons. The molecule has 8 heteroatoms. The minimum Gasteiger partial charge on any atom is -0.489 e. The van der Waals surface area contributed by atoms with E-state index in [0.29, 0.717) is 28.3 Å². The minimum absolute atomic E-state index is 0.0174. The molecule has 32 heavy (non-hydrogen) atoms. The van der Waals surface area contributed by atoms with Gasteiger partial charge in [0.15, 0.2) is 5.60 Å². The first kappa shape index (κ1) is 24.1. The molecule has 0 bridgehead atoms. The number of allylic oxidation sites excluding steroid dienone is 1. The Bertz CT molecular complexity index is 1040. The predicted molar refractivity (Wildman–Crippen MR) is 116 cm³/mol. The van der Waals surface area contributed by atoms with Gasteiger partial charge in [0.1, 0.15) is 12.4 Å². The van der Waals surface area contributed by atoms with Gasteiger partial charge in [0.05, 0.1) is 0 Å². The van der Waals surface area contributed by atoms with Gasteiger partial charge in [-0.25, -0.2) is 0 Å². The van der Waals surface area contributed by atoms with Crippen LogP contribution in [0.15, 0.2) is 42.0 Å². The first-order valence-electron chi connectivity index (χ1n) is 10.1. The van der Waals surface area contributed by atoms with Crippen molar-refractivity contribution >= 4 is 23.1 Å². The standard InChI is InChI=1S/C24H24ClF3O4/c1-14-15(2)21(9-5-16(14)6-10-22(29)30)32-13-20-19(17-3-7-18(25)8-4-17)11-12-23(20,31)24(26,27)28/h3-5,7-9,31H,6,10-13H2,1-2H3,(H,29,30). The van der Waals surface area contributed by atoms with Crippen molar-refractivity contribution in [2.45, 2.75) is 51.3 Å². The zero-order valence-electron chi connectivity index (χ0n) is 17.7. The Hall–Kier alpha value is -2.51. The van der Waals surface area contributed by atoms with Gasteiger partial charge in [-0.15, -0.1) is 0 Å². The van der Waals surface area contributed by atoms with Crippen LogP contribution in [0.5, 0.6) is 5.75 Å². The number of carboxylic acid groups (broad SMARTS) is 1. The number of aliphatic hydroxyl groups is 1. The van der Waals surface area contributed by atoms with Crippen molar-refractivity contribution in [2.75, 3.05) is 6.61 Å². The van der Waals surface area contributed by atoms with Crippen LogP contribution in [0.3, 0.4) is 0 Å². The van der Waals surface area contributed by atoms with Gasteiger partial charge in [-0.1, -0.05) is 29.8 Å². The molecule has 0 aromatic heterocycles. The number of alkyl halides is 3. The molecule has 4 nitrogen and oxygen atoms in total. The van der Waals surface area contributed by atoms with E-state index in [4.69, 9.17) is 21.4 Å². The lowest BCUT2D eigenvalue weighted by Gasteiger charge is -2.29. The Morgan fingerprint density at radius 3 is 2.38 bits per heavy atom. The van der Waals surface area contributed by atoms with Crippen molar-refractivity contribution in [3.05, 3.63) is 69.2 Å². The van der Waals surface area contributed by atoms with Gasteiger partial charge in [0, 0.05) is 17.0 Å². The van der Waals surface area contributed by atoms with Gasteiger partial charge < -0.3 is 14.9 Å². The molecule has 2 aromatic carbocycles. The van der Waals surface area contributed by atoms with E-state index in [0.717, 1.165) is 16.7 Å². The normalized spacial score (nSPS) is 18.8. The van der Waals surface area contributed by atoms with Crippen molar-refractivity contribution < 1.29 is 32.9 Å². The molecule has 0 saturated carbocycles. The van der Waals surface area contributed by atoms with Crippen LogP contribution in [-0.4, -0.2) is 34.6 Å². The van der Waals surface area contributed by atoms with E-state index >= 15 is 0 Å². The monoisotopic (exact) mass is 468 g/mol. The Labute approximate surface area is 189 Å². The predicted octanol–water partition coefficient (Wildman–Crippen LogP) is 5.89. The highest BCUT2D eigenvalue weighted by atomic mass is 35.5. The summed E-state index contributed by atoms with van der Waals surface area (Å²) in [5.41, 5.74) is 0.166. The van der Waals surface area contributed by atoms with E-state index < -0.39 is 30.8 Å². The summed E-state index contributed by atoms with van der Waals surface area (Å²) in [6.07, 6.45) is -4.92. The van der Waals surface area contributed by atoms with Crippen LogP contribution >= 0.6 is 11.6 Å². The summed E-state index contributed by atoms with van der Waals surface area (Å²) in [5.74, 6) is -0.516. The number of rotatable bonds is 7. The number of benzene rings is 2. The average Bonchev–Trinajstić information content (AvgIpc) is 3.06. The van der Waals surface area contributed by atoms with E-state index in [1.165, 1.54) is 0 Å². The summed E-state index contributed by atoms with van der Waals surface area (Å²) >= 11 is 5.91. The molecule has 1 atom stereocenters. The SMILES string of the molecule is Cc1c(CCC(=O)O)ccc(OCC2=C(c3ccc(Cl)cc3)CCC2(O)C(F)(F)F)c1C. The smallest absolute Gasteiger partial charge is 0.421 e. The van der Waals surface area contributed by atoms with Crippen LogP contribution in [0.1, 0.15) is 41.5 Å². The molecule has 2 aromatic rings. The fourth-order valence-electron chi connectivity index (χ4n) is 4.02. The second-order valence-electron chi connectivity index (χ2n) is 7.98. The van der Waals surface area contributed by atoms with Crippen molar-refractivity contribution in [3.63, 3.8) is 0 Å². The first-order valence-corrected chi connectivity index (χ1v) is 10.5. The molecule has 1 aliphatic carbocycles. The Morgan fingerprint density at radius 1 is 1.12 bits per heavy atom. The van der Waals surface area contributed by atoms with Crippen LogP contribution in [0.25, 0.3) is 5.57 Å². The lowest BCUT2D eigenvalue weighted by Crippen LogP contribution is -2.46. The van der Waals surface area contributed by atoms with E-state index in [-0.39, 0.29) is 18.4 Å². The number of halogens is 4. The summed E-state index contributed by atoms with van der Waals surface area (Å²) in [4.78, 5) is 10.8. The Morgan fingerprint density at radius 2 is 1.78 bits per heavy atom. The molecule has 0 spiro atoms. The zero-order chi connectivity index (χ0) is 23.7. The van der Waals surface area contributed by atoms with Crippen LogP contribution in [0.2, 0.25) is 5.02 Å². The first-order chi connectivity index (χ1) is 14.9. The molecule has 0 aliphatic heterocycles. The molecule has 1 aliphatic rings. The summed E-state index contributed by atoms with van der Waals surface area (Å²) < 4.78 is 47.2. The molecule has 2 N–H and O–H groups in total. The summed E-state index contributed by atoms with van der Waals surface area (Å²) in [5, 5.41) is 20.0. The molecule has 172 valence electrons. The largest absolute Gasteiger partial charge is 0.489 e. The Balaban J connectivity index is 1.93. The number of aliphatic carboxylic acids is 1. The average molecular weight is 469 g/mol. The lowest BCUT2D eigenvalue weighted by atomic mass is 9.93. The fraction of sp³-hybridized carbons (Fsp3) is 0.375. The highest BCUT2D eigenvalue weighted by molar-refractivity contribution is 6.30. The molecular formula is C24H24ClF3O4. The lowest BCUT2D eigenvalue weighted by molar-refractivity contribution is -0.244. The van der Waals surface area contributed by atoms with E-state index in [2.05, 4.69) is 0 Å². The molecule has 0 saturated heterocycles. The number of carbonyl (C=O) groups is 1. The van der Waals surface area contributed by atoms with Crippen molar-refractivity contribution in [2.24, 2.45) is 0 Å². The number of aryl methyl sites for hydroxylation is 1. The zero-order valence-corrected chi connectivity index (χ0v) is 18.5. The van der Waals surface area contributed by atoms with Crippen molar-refractivity contribution in [3.8, 4) is 5.75 Å². The third kappa shape index (κ3) is 4.79. The van der Waals surface area contributed by atoms with Crippen LogP contribution in [0, 0.1) is 13.8 Å². The number of hydrogen-bond acceptors (Lipinski definition) is 3. The van der Waals surface area contributed by atoms with Crippen molar-refractivity contribution in [1.29, 1.82) is 0 Å². The molecule has 1 unspecified atom stereocenters. The van der Waals surface area contributed by atoms with Gasteiger partial charge in [-0.05, 0) is 79.1 Å². The number of hydrogen-bond donors (Lipinski definition) is 2. The van der Waals surface area contributed by atoms with Crippen LogP contribution in [-0.2, 0) is 11.2 Å². The van der Waals surface area contributed by atoms with Crippen LogP contribution < -0.4 is 4.74 Å². The second kappa shape index (κ2) is 9.16. The van der Waals surface area contributed by atoms with E-state index in [9.17, 15) is 23.1 Å². The molecule has 0 amide bonds. The van der Waals surface area contributed by atoms with Gasteiger partial charge in [0.25, 0.3) is 0 Å². The topological polar surface area (TPSA) is 66.8 Å². The van der Waals surface area contributed by atoms with Gasteiger partial charge >= 0.3 is 12.1 Å². The second-order valence-corrected chi connectivity index (χ2v) is 8.41. The van der Waals surface area contributed by atoms with Gasteiger partial charge in [-0.2, -0.15) is 13.2 Å². The van der Waals surface area contributed by atoms with Crippen molar-refractivity contribution in [1.82, 2.24) is 0 Å². The molecule has 0 heterocycles. The maximum Gasteiger partial charge on any atom is 0.421 e.